The Balaban J connectivity index is 1.85. The lowest BCUT2D eigenvalue weighted by molar-refractivity contribution is -0.192. The van der Waals surface area contributed by atoms with Crippen LogP contribution in [0.15, 0.2) is 23.8 Å². The van der Waals surface area contributed by atoms with Crippen LogP contribution in [-0.4, -0.2) is 63.7 Å². The molecule has 0 aromatic rings. The van der Waals surface area contributed by atoms with Crippen molar-refractivity contribution in [1.82, 2.24) is 9.80 Å². The van der Waals surface area contributed by atoms with Gasteiger partial charge in [-0.2, -0.15) is 0 Å². The fraction of sp³-hybridized carbons (Fsp3) is 0.611. The lowest BCUT2D eigenvalue weighted by Gasteiger charge is -2.63. The van der Waals surface area contributed by atoms with Crippen molar-refractivity contribution in [2.24, 2.45) is 5.92 Å². The Morgan fingerprint density at radius 2 is 2.12 bits per heavy atom. The third-order valence-electron chi connectivity index (χ3n) is 6.41. The Morgan fingerprint density at radius 3 is 2.72 bits per heavy atom. The summed E-state index contributed by atoms with van der Waals surface area (Å²) in [4.78, 5) is 41.9. The van der Waals surface area contributed by atoms with Gasteiger partial charge < -0.3 is 19.6 Å². The molecule has 4 saturated heterocycles. The van der Waals surface area contributed by atoms with Crippen LogP contribution in [0, 0.1) is 5.92 Å². The summed E-state index contributed by atoms with van der Waals surface area (Å²) in [6.45, 7) is 6.49. The number of nitrogens with zero attached hydrogens (tertiary/aromatic N) is 2. The van der Waals surface area contributed by atoms with E-state index in [2.05, 4.69) is 6.58 Å². The molecule has 0 radical (unpaired) electrons. The molecule has 0 aliphatic carbocycles. The second-order valence-electron chi connectivity index (χ2n) is 7.65. The van der Waals surface area contributed by atoms with Gasteiger partial charge in [-0.15, -0.1) is 0 Å². The van der Waals surface area contributed by atoms with Gasteiger partial charge in [0.1, 0.15) is 11.1 Å². The number of carbonyl (C=O) groups is 3. The number of aliphatic hydroxyl groups excluding tert-OH is 1. The van der Waals surface area contributed by atoms with Crippen LogP contribution >= 0.6 is 0 Å². The number of piperidine rings is 2. The number of aliphatic hydroxyl groups is 1. The maximum absolute atomic E-state index is 13.5. The molecule has 0 aromatic carbocycles. The van der Waals surface area contributed by atoms with E-state index in [4.69, 9.17) is 4.74 Å². The zero-order valence-corrected chi connectivity index (χ0v) is 14.4. The molecule has 4 atom stereocenters. The lowest BCUT2D eigenvalue weighted by Crippen LogP contribution is -2.81. The van der Waals surface area contributed by atoms with Crippen LogP contribution in [0.4, 0.5) is 0 Å². The SMILES string of the molecule is C=C(C)[C@H]1C[C@@]23CCCN2C(=O)[C@@]1(CC1=CC(O)OC1=O)N(C)C3=O. The van der Waals surface area contributed by atoms with Crippen molar-refractivity contribution in [2.75, 3.05) is 13.6 Å². The van der Waals surface area contributed by atoms with Crippen LogP contribution < -0.4 is 0 Å². The van der Waals surface area contributed by atoms with E-state index in [1.54, 1.807) is 11.9 Å². The normalized spacial score (nSPS) is 39.6. The highest BCUT2D eigenvalue weighted by Gasteiger charge is 2.71. The van der Waals surface area contributed by atoms with E-state index in [9.17, 15) is 19.5 Å². The summed E-state index contributed by atoms with van der Waals surface area (Å²) in [5.41, 5.74) is -0.878. The Kier molecular flexibility index (Phi) is 3.23. The van der Waals surface area contributed by atoms with Crippen molar-refractivity contribution in [2.45, 2.75) is 50.0 Å². The van der Waals surface area contributed by atoms with Gasteiger partial charge in [-0.1, -0.05) is 12.2 Å². The summed E-state index contributed by atoms with van der Waals surface area (Å²) < 4.78 is 4.77. The minimum Gasteiger partial charge on any atom is -0.429 e. The number of carbonyl (C=O) groups excluding carboxylic acids is 3. The lowest BCUT2D eigenvalue weighted by atomic mass is 9.60. The Bertz CT molecular complexity index is 744. The minimum absolute atomic E-state index is 0.0358. The summed E-state index contributed by atoms with van der Waals surface area (Å²) in [7, 11) is 1.64. The fourth-order valence-corrected chi connectivity index (χ4v) is 5.24. The van der Waals surface area contributed by atoms with Crippen LogP contribution in [0.5, 0.6) is 0 Å². The Labute approximate surface area is 145 Å². The van der Waals surface area contributed by atoms with Gasteiger partial charge in [0.2, 0.25) is 18.1 Å². The molecule has 2 bridgehead atoms. The number of piperazine rings is 1. The second kappa shape index (κ2) is 4.94. The highest BCUT2D eigenvalue weighted by molar-refractivity contribution is 6.06. The number of amides is 2. The van der Waals surface area contributed by atoms with E-state index < -0.39 is 23.3 Å². The van der Waals surface area contributed by atoms with Gasteiger partial charge in [0.05, 0.1) is 0 Å². The van der Waals surface area contributed by atoms with Gasteiger partial charge in [-0.25, -0.2) is 4.79 Å². The molecule has 0 saturated carbocycles. The number of esters is 1. The average Bonchev–Trinajstić information content (AvgIpc) is 3.11. The smallest absolute Gasteiger partial charge is 0.336 e. The number of fused-ring (bicyclic) bond motifs is 2. The Morgan fingerprint density at radius 1 is 1.40 bits per heavy atom. The summed E-state index contributed by atoms with van der Waals surface area (Å²) >= 11 is 0. The number of cyclic esters (lactones) is 1. The second-order valence-corrected chi connectivity index (χ2v) is 7.65. The molecule has 1 unspecified atom stereocenters. The standard InChI is InChI=1S/C18H22N2O5/c1-10(2)12-9-17-5-4-6-20(17)16(24)18(12,19(3)15(17)23)8-11-7-13(21)25-14(11)22/h7,12-13,21H,1,4-6,8-9H2,2-3H3/t12-,13?,17-,18+/m1/s1. The molecular formula is C18H22N2O5. The van der Waals surface area contributed by atoms with Crippen molar-refractivity contribution in [3.63, 3.8) is 0 Å². The molecule has 7 heteroatoms. The van der Waals surface area contributed by atoms with Crippen molar-refractivity contribution in [3.05, 3.63) is 23.8 Å². The largest absolute Gasteiger partial charge is 0.429 e. The van der Waals surface area contributed by atoms with Crippen LogP contribution in [0.2, 0.25) is 0 Å². The zero-order chi connectivity index (χ0) is 18.1. The van der Waals surface area contributed by atoms with Gasteiger partial charge in [0, 0.05) is 31.5 Å². The maximum Gasteiger partial charge on any atom is 0.336 e. The molecule has 25 heavy (non-hydrogen) atoms. The zero-order valence-electron chi connectivity index (χ0n) is 14.4. The molecular weight excluding hydrogens is 324 g/mol. The van der Waals surface area contributed by atoms with E-state index in [0.717, 1.165) is 12.0 Å². The van der Waals surface area contributed by atoms with E-state index >= 15 is 0 Å². The molecule has 134 valence electrons. The summed E-state index contributed by atoms with van der Waals surface area (Å²) in [6, 6.07) is 0. The van der Waals surface area contributed by atoms with Crippen LogP contribution in [0.25, 0.3) is 0 Å². The highest BCUT2D eigenvalue weighted by atomic mass is 16.6. The molecule has 2 amide bonds. The molecule has 1 spiro atoms. The number of rotatable bonds is 3. The number of likely N-dealkylation sites (N-methyl/N-ethyl adjacent to an activating group) is 1. The number of hydrogen-bond donors (Lipinski definition) is 1. The predicted octanol–water partition coefficient (Wildman–Crippen LogP) is 0.346. The summed E-state index contributed by atoms with van der Waals surface area (Å²) in [6.07, 6.45) is 2.07. The monoisotopic (exact) mass is 346 g/mol. The minimum atomic E-state index is -1.30. The fourth-order valence-electron chi connectivity index (χ4n) is 5.24. The van der Waals surface area contributed by atoms with E-state index in [1.165, 1.54) is 11.0 Å². The Hall–Kier alpha value is -2.15. The van der Waals surface area contributed by atoms with E-state index in [-0.39, 0.29) is 29.7 Å². The molecule has 5 aliphatic rings. The van der Waals surface area contributed by atoms with Gasteiger partial charge in [-0.3, -0.25) is 9.59 Å². The van der Waals surface area contributed by atoms with E-state index in [1.807, 2.05) is 6.92 Å². The van der Waals surface area contributed by atoms with Crippen molar-refractivity contribution < 1.29 is 24.2 Å². The number of hydrogen-bond acceptors (Lipinski definition) is 5. The molecule has 1 N–H and O–H groups in total. The first-order chi connectivity index (χ1) is 11.7. The molecule has 5 heterocycles. The first-order valence-electron chi connectivity index (χ1n) is 8.59. The van der Waals surface area contributed by atoms with Gasteiger partial charge in [-0.05, 0) is 32.3 Å². The highest BCUT2D eigenvalue weighted by Crippen LogP contribution is 2.56. The summed E-state index contributed by atoms with van der Waals surface area (Å²) in [5.74, 6) is -1.06. The molecule has 0 aromatic heterocycles. The van der Waals surface area contributed by atoms with Crippen molar-refractivity contribution >= 4 is 17.8 Å². The third-order valence-corrected chi connectivity index (χ3v) is 6.41. The van der Waals surface area contributed by atoms with Crippen LogP contribution in [0.1, 0.15) is 32.6 Å². The molecule has 7 nitrogen and oxygen atoms in total. The number of ether oxygens (including phenoxy) is 1. The molecule has 4 fully saturated rings. The van der Waals surface area contributed by atoms with Crippen molar-refractivity contribution in [1.29, 1.82) is 0 Å². The third kappa shape index (κ3) is 1.82. The van der Waals surface area contributed by atoms with E-state index in [0.29, 0.717) is 19.4 Å². The van der Waals surface area contributed by atoms with Gasteiger partial charge in [0.25, 0.3) is 0 Å². The van der Waals surface area contributed by atoms with Gasteiger partial charge >= 0.3 is 5.97 Å². The first kappa shape index (κ1) is 16.3. The topological polar surface area (TPSA) is 87.2 Å². The van der Waals surface area contributed by atoms with Crippen molar-refractivity contribution in [3.8, 4) is 0 Å². The molecule has 5 aliphatic heterocycles. The van der Waals surface area contributed by atoms with Crippen LogP contribution in [-0.2, 0) is 19.1 Å². The average molecular weight is 346 g/mol. The first-order valence-corrected chi connectivity index (χ1v) is 8.59. The van der Waals surface area contributed by atoms with Gasteiger partial charge in [0.15, 0.2) is 0 Å². The molecule has 5 rings (SSSR count). The van der Waals surface area contributed by atoms with Crippen LogP contribution in [0.3, 0.4) is 0 Å². The summed E-state index contributed by atoms with van der Waals surface area (Å²) in [5, 5.41) is 9.56. The predicted molar refractivity (Wildman–Crippen MR) is 86.9 cm³/mol. The maximum atomic E-state index is 13.5. The quantitative estimate of drug-likeness (QED) is 0.588.